The fourth-order valence-electron chi connectivity index (χ4n) is 2.76. The van der Waals surface area contributed by atoms with Gasteiger partial charge >= 0.3 is 0 Å². The maximum atomic E-state index is 11.4. The molecule has 0 aromatic carbocycles. The van der Waals surface area contributed by atoms with Crippen molar-refractivity contribution in [3.05, 3.63) is 0 Å². The molecule has 76 valence electrons. The lowest BCUT2D eigenvalue weighted by atomic mass is 9.80. The molecule has 1 atom stereocenters. The van der Waals surface area contributed by atoms with Crippen LogP contribution in [-0.4, -0.2) is 45.0 Å². The lowest BCUT2D eigenvalue weighted by Gasteiger charge is -2.37. The van der Waals surface area contributed by atoms with E-state index in [9.17, 15) is 8.42 Å². The molecule has 4 heteroatoms. The third-order valence-electron chi connectivity index (χ3n) is 3.32. The smallest absolute Gasteiger partial charge is 0.150 e. The van der Waals surface area contributed by atoms with E-state index in [1.165, 1.54) is 0 Å². The van der Waals surface area contributed by atoms with Crippen molar-refractivity contribution >= 4 is 9.84 Å². The van der Waals surface area contributed by atoms with Crippen molar-refractivity contribution in [1.82, 2.24) is 4.90 Å². The van der Waals surface area contributed by atoms with E-state index in [-0.39, 0.29) is 5.41 Å². The number of likely N-dealkylation sites (tertiary alicyclic amines) is 1. The molecule has 0 aliphatic carbocycles. The van der Waals surface area contributed by atoms with E-state index < -0.39 is 9.84 Å². The minimum atomic E-state index is -2.70. The Balaban J connectivity index is 2.14. The van der Waals surface area contributed by atoms with Gasteiger partial charge in [0.15, 0.2) is 9.84 Å². The van der Waals surface area contributed by atoms with Gasteiger partial charge < -0.3 is 4.90 Å². The molecule has 3 nitrogen and oxygen atoms in total. The van der Waals surface area contributed by atoms with Gasteiger partial charge in [0.1, 0.15) is 0 Å². The largest absolute Gasteiger partial charge is 0.306 e. The van der Waals surface area contributed by atoms with E-state index in [1.54, 1.807) is 0 Å². The predicted octanol–water partition coefficient (Wildman–Crippen LogP) is 0.517. The maximum absolute atomic E-state index is 11.4. The molecule has 2 rings (SSSR count). The van der Waals surface area contributed by atoms with Gasteiger partial charge in [0.25, 0.3) is 0 Å². The van der Waals surface area contributed by atoms with E-state index in [4.69, 9.17) is 0 Å². The molecule has 2 heterocycles. The van der Waals surface area contributed by atoms with Gasteiger partial charge in [0.2, 0.25) is 0 Å². The average molecular weight is 203 g/mol. The van der Waals surface area contributed by atoms with Crippen LogP contribution in [0.3, 0.4) is 0 Å². The van der Waals surface area contributed by atoms with Gasteiger partial charge in [-0.1, -0.05) is 0 Å². The van der Waals surface area contributed by atoms with Gasteiger partial charge in [-0.25, -0.2) is 8.42 Å². The monoisotopic (exact) mass is 203 g/mol. The number of hydrogen-bond donors (Lipinski definition) is 0. The van der Waals surface area contributed by atoms with E-state index in [2.05, 4.69) is 11.9 Å². The third-order valence-corrected chi connectivity index (χ3v) is 5.20. The molecule has 0 aromatic heterocycles. The summed E-state index contributed by atoms with van der Waals surface area (Å²) in [6.45, 7) is 2.11. The molecule has 2 aliphatic heterocycles. The summed E-state index contributed by atoms with van der Waals surface area (Å²) in [5.74, 6) is 0.852. The van der Waals surface area contributed by atoms with Gasteiger partial charge in [-0.2, -0.15) is 0 Å². The number of hydrogen-bond acceptors (Lipinski definition) is 3. The Hall–Kier alpha value is -0.0900. The summed E-state index contributed by atoms with van der Waals surface area (Å²) in [6, 6.07) is 0. The molecule has 13 heavy (non-hydrogen) atoms. The van der Waals surface area contributed by atoms with Crippen LogP contribution in [0, 0.1) is 5.41 Å². The molecule has 0 saturated carbocycles. The fourth-order valence-corrected chi connectivity index (χ4v) is 4.96. The number of sulfone groups is 1. The van der Waals surface area contributed by atoms with Crippen LogP contribution in [0.15, 0.2) is 0 Å². The molecule has 1 spiro atoms. The highest BCUT2D eigenvalue weighted by atomic mass is 32.2. The van der Waals surface area contributed by atoms with Crippen LogP contribution >= 0.6 is 0 Å². The summed E-state index contributed by atoms with van der Waals surface area (Å²) in [4.78, 5) is 2.27. The Labute approximate surface area is 80.0 Å². The van der Waals surface area contributed by atoms with Gasteiger partial charge in [0.05, 0.1) is 11.5 Å². The topological polar surface area (TPSA) is 37.4 Å². The Morgan fingerprint density at radius 1 is 1.31 bits per heavy atom. The Bertz CT molecular complexity index is 299. The van der Waals surface area contributed by atoms with Crippen LogP contribution in [0.5, 0.6) is 0 Å². The summed E-state index contributed by atoms with van der Waals surface area (Å²) < 4.78 is 22.8. The minimum Gasteiger partial charge on any atom is -0.306 e. The van der Waals surface area contributed by atoms with Crippen molar-refractivity contribution in [2.75, 3.05) is 31.6 Å². The molecule has 2 aliphatic rings. The predicted molar refractivity (Wildman–Crippen MR) is 52.4 cm³/mol. The first-order valence-corrected chi connectivity index (χ1v) is 6.73. The minimum absolute atomic E-state index is 0.117. The molecule has 0 unspecified atom stereocenters. The average Bonchev–Trinajstić information content (AvgIpc) is 2.26. The SMILES string of the molecule is CN1CCC[C@]2(CCS(=O)(=O)C2)C1. The first-order chi connectivity index (χ1) is 6.02. The van der Waals surface area contributed by atoms with Crippen LogP contribution < -0.4 is 0 Å². The summed E-state index contributed by atoms with van der Waals surface area (Å²) in [6.07, 6.45) is 3.16. The second kappa shape index (κ2) is 2.95. The van der Waals surface area contributed by atoms with Crippen LogP contribution in [-0.2, 0) is 9.84 Å². The Kier molecular flexibility index (Phi) is 2.15. The number of rotatable bonds is 0. The van der Waals surface area contributed by atoms with E-state index in [1.807, 2.05) is 0 Å². The lowest BCUT2D eigenvalue weighted by Crippen LogP contribution is -2.41. The van der Waals surface area contributed by atoms with Gasteiger partial charge in [0, 0.05) is 6.54 Å². The van der Waals surface area contributed by atoms with Crippen molar-refractivity contribution in [2.45, 2.75) is 19.3 Å². The Morgan fingerprint density at radius 3 is 2.62 bits per heavy atom. The third kappa shape index (κ3) is 1.89. The first kappa shape index (κ1) is 9.46. The number of piperidine rings is 1. The fraction of sp³-hybridized carbons (Fsp3) is 1.00. The molecule has 0 aromatic rings. The molecule has 0 radical (unpaired) electrons. The molecular weight excluding hydrogens is 186 g/mol. The second-order valence-electron chi connectivity index (χ2n) is 4.68. The molecule has 0 bridgehead atoms. The number of nitrogens with zero attached hydrogens (tertiary/aromatic N) is 1. The zero-order chi connectivity index (χ0) is 9.53. The van der Waals surface area contributed by atoms with Crippen LogP contribution in [0.2, 0.25) is 0 Å². The standard InChI is InChI=1S/C9H17NO2S/c1-10-5-2-3-9(7-10)4-6-13(11,12)8-9/h2-8H2,1H3/t9-/m0/s1. The quantitative estimate of drug-likeness (QED) is 0.576. The normalized spacial score (nSPS) is 39.8. The van der Waals surface area contributed by atoms with Gasteiger partial charge in [-0.15, -0.1) is 0 Å². The van der Waals surface area contributed by atoms with Crippen molar-refractivity contribution in [1.29, 1.82) is 0 Å². The molecule has 2 fully saturated rings. The van der Waals surface area contributed by atoms with Gasteiger partial charge in [-0.05, 0) is 38.3 Å². The van der Waals surface area contributed by atoms with Crippen LogP contribution in [0.1, 0.15) is 19.3 Å². The van der Waals surface area contributed by atoms with Crippen molar-refractivity contribution in [3.63, 3.8) is 0 Å². The van der Waals surface area contributed by atoms with E-state index in [0.29, 0.717) is 11.5 Å². The second-order valence-corrected chi connectivity index (χ2v) is 6.87. The maximum Gasteiger partial charge on any atom is 0.150 e. The van der Waals surface area contributed by atoms with Crippen molar-refractivity contribution < 1.29 is 8.42 Å². The van der Waals surface area contributed by atoms with Crippen LogP contribution in [0.4, 0.5) is 0 Å². The zero-order valence-electron chi connectivity index (χ0n) is 8.12. The Morgan fingerprint density at radius 2 is 2.08 bits per heavy atom. The summed E-state index contributed by atoms with van der Waals surface area (Å²) >= 11 is 0. The van der Waals surface area contributed by atoms with Crippen molar-refractivity contribution in [3.8, 4) is 0 Å². The van der Waals surface area contributed by atoms with Gasteiger partial charge in [-0.3, -0.25) is 0 Å². The first-order valence-electron chi connectivity index (χ1n) is 4.90. The molecule has 0 N–H and O–H groups in total. The van der Waals surface area contributed by atoms with E-state index in [0.717, 1.165) is 32.4 Å². The van der Waals surface area contributed by atoms with Crippen molar-refractivity contribution in [2.24, 2.45) is 5.41 Å². The zero-order valence-corrected chi connectivity index (χ0v) is 8.94. The molecule has 2 saturated heterocycles. The summed E-state index contributed by atoms with van der Waals surface area (Å²) in [5, 5.41) is 0. The lowest BCUT2D eigenvalue weighted by molar-refractivity contribution is 0.132. The molecule has 0 amide bonds. The highest BCUT2D eigenvalue weighted by molar-refractivity contribution is 7.91. The molecular formula is C9H17NO2S. The highest BCUT2D eigenvalue weighted by Gasteiger charge is 2.43. The summed E-state index contributed by atoms with van der Waals surface area (Å²) in [7, 11) is -0.615. The highest BCUT2D eigenvalue weighted by Crippen LogP contribution is 2.39. The van der Waals surface area contributed by atoms with Crippen LogP contribution in [0.25, 0.3) is 0 Å². The summed E-state index contributed by atoms with van der Waals surface area (Å²) in [5.41, 5.74) is 0.117. The van der Waals surface area contributed by atoms with E-state index >= 15 is 0 Å².